The van der Waals surface area contributed by atoms with E-state index < -0.39 is 21.8 Å². The molecule has 3 aromatic rings. The number of nitrogens with one attached hydrogen (secondary N) is 1. The Morgan fingerprint density at radius 3 is 2.61 bits per heavy atom. The Labute approximate surface area is 180 Å². The average Bonchev–Trinajstić information content (AvgIpc) is 3.19. The second-order valence-electron chi connectivity index (χ2n) is 6.69. The molecule has 164 valence electrons. The lowest BCUT2D eigenvalue weighted by Gasteiger charge is -2.12. The van der Waals surface area contributed by atoms with Crippen LogP contribution in [-0.4, -0.2) is 39.1 Å². The number of hydrogen-bond acceptors (Lipinski definition) is 6. The van der Waals surface area contributed by atoms with Crippen LogP contribution >= 0.6 is 0 Å². The average molecular weight is 447 g/mol. The van der Waals surface area contributed by atoms with Crippen LogP contribution in [0.3, 0.4) is 0 Å². The molecule has 2 aromatic carbocycles. The second-order valence-corrected chi connectivity index (χ2v) is 8.51. The Balaban J connectivity index is 1.99. The third-order valence-electron chi connectivity index (χ3n) is 4.54. The van der Waals surface area contributed by atoms with E-state index in [4.69, 9.17) is 4.74 Å². The summed E-state index contributed by atoms with van der Waals surface area (Å²) in [5.74, 6) is -0.657. The van der Waals surface area contributed by atoms with Crippen molar-refractivity contribution < 1.29 is 27.1 Å². The molecule has 3 rings (SSSR count). The maximum atomic E-state index is 14.5. The maximum absolute atomic E-state index is 14.5. The fourth-order valence-corrected chi connectivity index (χ4v) is 4.48. The molecule has 0 unspecified atom stereocenters. The molecule has 1 heterocycles. The van der Waals surface area contributed by atoms with Crippen molar-refractivity contribution in [3.05, 3.63) is 72.2 Å². The molecule has 0 radical (unpaired) electrons. The van der Waals surface area contributed by atoms with Crippen LogP contribution in [0.1, 0.15) is 12.0 Å². The molecule has 0 saturated heterocycles. The predicted molar refractivity (Wildman–Crippen MR) is 114 cm³/mol. The number of halogens is 1. The van der Waals surface area contributed by atoms with Gasteiger partial charge < -0.3 is 14.8 Å². The lowest BCUT2D eigenvalue weighted by molar-refractivity contribution is -0.141. The van der Waals surface area contributed by atoms with Gasteiger partial charge in [0, 0.05) is 24.4 Å². The van der Waals surface area contributed by atoms with Gasteiger partial charge in [-0.05, 0) is 42.9 Å². The molecule has 0 fully saturated rings. The van der Waals surface area contributed by atoms with Crippen molar-refractivity contribution in [1.29, 1.82) is 0 Å². The number of methoxy groups -OCH3 is 1. The van der Waals surface area contributed by atoms with Crippen LogP contribution in [-0.2, 0) is 26.1 Å². The van der Waals surface area contributed by atoms with Gasteiger partial charge in [0.2, 0.25) is 0 Å². The van der Waals surface area contributed by atoms with Crippen molar-refractivity contribution in [3.8, 4) is 17.0 Å². The van der Waals surface area contributed by atoms with E-state index in [1.807, 2.05) is 0 Å². The van der Waals surface area contributed by atoms with Crippen LogP contribution in [0.25, 0.3) is 11.3 Å². The Morgan fingerprint density at radius 1 is 1.13 bits per heavy atom. The first kappa shape index (κ1) is 22.5. The van der Waals surface area contributed by atoms with Crippen molar-refractivity contribution in [2.45, 2.75) is 17.9 Å². The standard InChI is InChI=1S/C22H23FN2O5S/c1-24-14-16-12-21(19-8-3-4-9-20(19)23)25(15-16)31(27,28)18-7-5-6-17(13-18)30-11-10-22(26)29-2/h3-9,12-13,15,24H,10-11,14H2,1-2H3. The lowest BCUT2D eigenvalue weighted by Crippen LogP contribution is -2.14. The molecule has 0 aliphatic carbocycles. The summed E-state index contributed by atoms with van der Waals surface area (Å²) >= 11 is 0. The number of esters is 1. The molecular weight excluding hydrogens is 423 g/mol. The zero-order valence-corrected chi connectivity index (χ0v) is 18.0. The number of rotatable bonds is 9. The van der Waals surface area contributed by atoms with Gasteiger partial charge in [0.1, 0.15) is 11.6 Å². The third-order valence-corrected chi connectivity index (χ3v) is 6.21. The fraction of sp³-hybridized carbons (Fsp3) is 0.227. The van der Waals surface area contributed by atoms with Crippen LogP contribution in [0.5, 0.6) is 5.75 Å². The molecule has 1 N–H and O–H groups in total. The Kier molecular flexibility index (Phi) is 7.09. The highest BCUT2D eigenvalue weighted by Gasteiger charge is 2.23. The molecule has 0 amide bonds. The first-order chi connectivity index (χ1) is 14.9. The second kappa shape index (κ2) is 9.76. The van der Waals surface area contributed by atoms with Gasteiger partial charge >= 0.3 is 5.97 Å². The summed E-state index contributed by atoms with van der Waals surface area (Å²) in [6, 6.07) is 13.6. The highest BCUT2D eigenvalue weighted by molar-refractivity contribution is 7.90. The van der Waals surface area contributed by atoms with Gasteiger partial charge in [-0.2, -0.15) is 0 Å². The molecule has 7 nitrogen and oxygen atoms in total. The monoisotopic (exact) mass is 446 g/mol. The van der Waals surface area contributed by atoms with Gasteiger partial charge in [0.25, 0.3) is 10.0 Å². The molecule has 31 heavy (non-hydrogen) atoms. The Morgan fingerprint density at radius 2 is 1.90 bits per heavy atom. The van der Waals surface area contributed by atoms with Crippen molar-refractivity contribution >= 4 is 16.0 Å². The molecule has 0 spiro atoms. The van der Waals surface area contributed by atoms with Crippen LogP contribution in [0.2, 0.25) is 0 Å². The summed E-state index contributed by atoms with van der Waals surface area (Å²) in [5.41, 5.74) is 1.09. The quantitative estimate of drug-likeness (QED) is 0.508. The van der Waals surface area contributed by atoms with Gasteiger partial charge in [-0.3, -0.25) is 4.79 Å². The minimum atomic E-state index is -4.05. The van der Waals surface area contributed by atoms with E-state index in [-0.39, 0.29) is 29.2 Å². The van der Waals surface area contributed by atoms with E-state index in [9.17, 15) is 17.6 Å². The summed E-state index contributed by atoms with van der Waals surface area (Å²) in [5, 5.41) is 2.97. The summed E-state index contributed by atoms with van der Waals surface area (Å²) in [6.07, 6.45) is 1.51. The molecule has 0 aliphatic heterocycles. The molecule has 9 heteroatoms. The minimum absolute atomic E-state index is 0.0211. The van der Waals surface area contributed by atoms with E-state index in [2.05, 4.69) is 10.1 Å². The predicted octanol–water partition coefficient (Wildman–Crippen LogP) is 3.19. The fourth-order valence-electron chi connectivity index (χ4n) is 3.05. The van der Waals surface area contributed by atoms with Gasteiger partial charge in [-0.1, -0.05) is 18.2 Å². The number of ether oxygens (including phenoxy) is 2. The number of carbonyl (C=O) groups excluding carboxylic acids is 1. The SMILES string of the molecule is CNCc1cc(-c2ccccc2F)n(S(=O)(=O)c2cccc(OCCC(=O)OC)c2)c1. The molecule has 0 aliphatic rings. The van der Waals surface area contributed by atoms with E-state index in [1.165, 1.54) is 37.6 Å². The van der Waals surface area contributed by atoms with Gasteiger partial charge in [0.15, 0.2) is 0 Å². The zero-order valence-electron chi connectivity index (χ0n) is 17.2. The first-order valence-electron chi connectivity index (χ1n) is 9.53. The van der Waals surface area contributed by atoms with E-state index in [1.54, 1.807) is 37.4 Å². The molecular formula is C22H23FN2O5S. The Bertz CT molecular complexity index is 1170. The van der Waals surface area contributed by atoms with Crippen LogP contribution < -0.4 is 10.1 Å². The topological polar surface area (TPSA) is 86.6 Å². The van der Waals surface area contributed by atoms with Crippen molar-refractivity contribution in [3.63, 3.8) is 0 Å². The van der Waals surface area contributed by atoms with E-state index in [0.29, 0.717) is 17.9 Å². The van der Waals surface area contributed by atoms with Gasteiger partial charge in [-0.15, -0.1) is 0 Å². The number of hydrogen-bond donors (Lipinski definition) is 1. The van der Waals surface area contributed by atoms with Crippen LogP contribution in [0.15, 0.2) is 65.7 Å². The first-order valence-corrected chi connectivity index (χ1v) is 11.0. The third kappa shape index (κ3) is 5.12. The van der Waals surface area contributed by atoms with Crippen molar-refractivity contribution in [1.82, 2.24) is 9.29 Å². The number of nitrogens with zero attached hydrogens (tertiary/aromatic N) is 1. The summed E-state index contributed by atoms with van der Waals surface area (Å²) in [7, 11) is -1.03. The number of benzene rings is 2. The van der Waals surface area contributed by atoms with Gasteiger partial charge in [-0.25, -0.2) is 16.8 Å². The molecule has 0 bridgehead atoms. The lowest BCUT2D eigenvalue weighted by atomic mass is 10.1. The Hall–Kier alpha value is -3.17. The normalized spacial score (nSPS) is 11.3. The number of carbonyl (C=O) groups is 1. The zero-order chi connectivity index (χ0) is 22.4. The smallest absolute Gasteiger partial charge is 0.308 e. The summed E-state index contributed by atoms with van der Waals surface area (Å²) < 4.78 is 52.4. The maximum Gasteiger partial charge on any atom is 0.308 e. The summed E-state index contributed by atoms with van der Waals surface area (Å²) in [4.78, 5) is 11.2. The minimum Gasteiger partial charge on any atom is -0.493 e. The largest absolute Gasteiger partial charge is 0.493 e. The highest BCUT2D eigenvalue weighted by atomic mass is 32.2. The summed E-state index contributed by atoms with van der Waals surface area (Å²) in [6.45, 7) is 0.465. The van der Waals surface area contributed by atoms with Crippen molar-refractivity contribution in [2.75, 3.05) is 20.8 Å². The number of aromatic nitrogens is 1. The van der Waals surface area contributed by atoms with Gasteiger partial charge in [0.05, 0.1) is 30.7 Å². The van der Waals surface area contributed by atoms with Crippen LogP contribution in [0, 0.1) is 5.82 Å². The highest BCUT2D eigenvalue weighted by Crippen LogP contribution is 2.30. The van der Waals surface area contributed by atoms with Crippen molar-refractivity contribution in [2.24, 2.45) is 0 Å². The molecule has 0 saturated carbocycles. The van der Waals surface area contributed by atoms with Crippen LogP contribution in [0.4, 0.5) is 4.39 Å². The molecule has 0 atom stereocenters. The van der Waals surface area contributed by atoms with E-state index in [0.717, 1.165) is 3.97 Å². The molecule has 1 aromatic heterocycles. The van der Waals surface area contributed by atoms with E-state index >= 15 is 0 Å².